The van der Waals surface area contributed by atoms with E-state index < -0.39 is 6.09 Å². The summed E-state index contributed by atoms with van der Waals surface area (Å²) in [6, 6.07) is -0.155. The Labute approximate surface area is 82.6 Å². The molecule has 0 aromatic carbocycles. The van der Waals surface area contributed by atoms with Crippen LogP contribution in [0, 0.1) is 5.92 Å². The van der Waals surface area contributed by atoms with Crippen molar-refractivity contribution >= 4 is 6.09 Å². The lowest BCUT2D eigenvalue weighted by Crippen LogP contribution is -2.44. The van der Waals surface area contributed by atoms with E-state index in [1.807, 2.05) is 0 Å². The van der Waals surface area contributed by atoms with Crippen molar-refractivity contribution in [2.24, 2.45) is 5.92 Å². The number of hydrogen-bond acceptors (Lipinski definition) is 4. The van der Waals surface area contributed by atoms with Crippen LogP contribution in [0.15, 0.2) is 0 Å². The summed E-state index contributed by atoms with van der Waals surface area (Å²) in [5.74, 6) is 0.0149. The summed E-state index contributed by atoms with van der Waals surface area (Å²) >= 11 is 0. The van der Waals surface area contributed by atoms with Crippen LogP contribution in [-0.2, 0) is 9.47 Å². The lowest BCUT2D eigenvalue weighted by atomic mass is 10.0. The predicted octanol–water partition coefficient (Wildman–Crippen LogP) is -0.539. The maximum absolute atomic E-state index is 10.5. The first-order valence-electron chi connectivity index (χ1n) is 4.44. The molecule has 6 heteroatoms. The van der Waals surface area contributed by atoms with Crippen molar-refractivity contribution in [3.8, 4) is 0 Å². The topological polar surface area (TPSA) is 79.8 Å². The number of methoxy groups -OCH3 is 2. The molecule has 0 spiro atoms. The Morgan fingerprint density at radius 3 is 2.64 bits per heavy atom. The first-order chi connectivity index (χ1) is 6.69. The van der Waals surface area contributed by atoms with Gasteiger partial charge in [-0.15, -0.1) is 0 Å². The summed E-state index contributed by atoms with van der Waals surface area (Å²) in [4.78, 5) is 10.5. The second-order valence-electron chi connectivity index (χ2n) is 3.22. The molecule has 0 radical (unpaired) electrons. The SMILES string of the molecule is COC(OC)[C@@H]1CNC[C@@H]1NC(=O)O. The van der Waals surface area contributed by atoms with Crippen molar-refractivity contribution in [1.29, 1.82) is 0 Å². The molecule has 1 rings (SSSR count). The van der Waals surface area contributed by atoms with Gasteiger partial charge in [-0.05, 0) is 0 Å². The Morgan fingerprint density at radius 2 is 2.14 bits per heavy atom. The van der Waals surface area contributed by atoms with Crippen molar-refractivity contribution in [2.45, 2.75) is 12.3 Å². The molecule has 1 aliphatic rings. The molecule has 82 valence electrons. The van der Waals surface area contributed by atoms with Crippen LogP contribution in [0.25, 0.3) is 0 Å². The van der Waals surface area contributed by atoms with Gasteiger partial charge in [-0.2, -0.15) is 0 Å². The summed E-state index contributed by atoms with van der Waals surface area (Å²) in [7, 11) is 3.09. The van der Waals surface area contributed by atoms with E-state index in [0.29, 0.717) is 13.1 Å². The Balaban J connectivity index is 2.53. The zero-order valence-corrected chi connectivity index (χ0v) is 8.32. The quantitative estimate of drug-likeness (QED) is 0.536. The van der Waals surface area contributed by atoms with Crippen LogP contribution in [0.5, 0.6) is 0 Å². The van der Waals surface area contributed by atoms with Gasteiger partial charge < -0.3 is 25.2 Å². The average Bonchev–Trinajstić information content (AvgIpc) is 2.55. The lowest BCUT2D eigenvalue weighted by Gasteiger charge is -2.25. The van der Waals surface area contributed by atoms with Crippen LogP contribution in [0.1, 0.15) is 0 Å². The normalized spacial score (nSPS) is 26.8. The fourth-order valence-electron chi connectivity index (χ4n) is 1.75. The van der Waals surface area contributed by atoms with Gasteiger partial charge in [0.05, 0.1) is 6.04 Å². The van der Waals surface area contributed by atoms with Crippen LogP contribution in [0.2, 0.25) is 0 Å². The zero-order valence-electron chi connectivity index (χ0n) is 8.32. The van der Waals surface area contributed by atoms with Crippen LogP contribution in [0.3, 0.4) is 0 Å². The molecule has 1 saturated heterocycles. The lowest BCUT2D eigenvalue weighted by molar-refractivity contribution is -0.136. The number of carboxylic acid groups (broad SMARTS) is 1. The highest BCUT2D eigenvalue weighted by Gasteiger charge is 2.34. The largest absolute Gasteiger partial charge is 0.465 e. The molecule has 1 heterocycles. The molecule has 0 aliphatic carbocycles. The Kier molecular flexibility index (Phi) is 4.12. The van der Waals surface area contributed by atoms with Crippen molar-refractivity contribution in [3.05, 3.63) is 0 Å². The fourth-order valence-corrected chi connectivity index (χ4v) is 1.75. The van der Waals surface area contributed by atoms with Crippen molar-refractivity contribution < 1.29 is 19.4 Å². The van der Waals surface area contributed by atoms with Crippen molar-refractivity contribution in [2.75, 3.05) is 27.3 Å². The summed E-state index contributed by atoms with van der Waals surface area (Å²) in [6.45, 7) is 1.30. The second-order valence-corrected chi connectivity index (χ2v) is 3.22. The minimum Gasteiger partial charge on any atom is -0.465 e. The molecule has 0 aromatic rings. The Bertz CT molecular complexity index is 196. The van der Waals surface area contributed by atoms with Crippen LogP contribution < -0.4 is 10.6 Å². The van der Waals surface area contributed by atoms with Gasteiger partial charge in [0, 0.05) is 33.2 Å². The number of carbonyl (C=O) groups is 1. The number of amides is 1. The molecule has 14 heavy (non-hydrogen) atoms. The van der Waals surface area contributed by atoms with E-state index in [0.717, 1.165) is 0 Å². The smallest absolute Gasteiger partial charge is 0.404 e. The van der Waals surface area contributed by atoms with Gasteiger partial charge in [-0.25, -0.2) is 4.79 Å². The number of rotatable bonds is 4. The van der Waals surface area contributed by atoms with Crippen LogP contribution in [0.4, 0.5) is 4.79 Å². The highest BCUT2D eigenvalue weighted by molar-refractivity contribution is 5.65. The summed E-state index contributed by atoms with van der Waals surface area (Å²) in [5.41, 5.74) is 0. The third kappa shape index (κ3) is 2.57. The number of hydrogen-bond donors (Lipinski definition) is 3. The summed E-state index contributed by atoms with van der Waals surface area (Å²) < 4.78 is 10.2. The predicted molar refractivity (Wildman–Crippen MR) is 49.1 cm³/mol. The molecule has 0 aromatic heterocycles. The van der Waals surface area contributed by atoms with E-state index in [-0.39, 0.29) is 18.2 Å². The second kappa shape index (κ2) is 5.14. The van der Waals surface area contributed by atoms with E-state index in [9.17, 15) is 4.79 Å². The Morgan fingerprint density at radius 1 is 1.50 bits per heavy atom. The molecule has 1 amide bonds. The molecular formula is C8H16N2O4. The van der Waals surface area contributed by atoms with Gasteiger partial charge in [0.15, 0.2) is 6.29 Å². The zero-order chi connectivity index (χ0) is 10.6. The van der Waals surface area contributed by atoms with Crippen LogP contribution in [-0.4, -0.2) is 50.8 Å². The van der Waals surface area contributed by atoms with E-state index in [4.69, 9.17) is 14.6 Å². The molecule has 0 unspecified atom stereocenters. The molecular weight excluding hydrogens is 188 g/mol. The van der Waals surface area contributed by atoms with Gasteiger partial charge in [0.1, 0.15) is 0 Å². The van der Waals surface area contributed by atoms with Gasteiger partial charge >= 0.3 is 6.09 Å². The maximum Gasteiger partial charge on any atom is 0.404 e. The monoisotopic (exact) mass is 204 g/mol. The third-order valence-electron chi connectivity index (χ3n) is 2.38. The molecule has 0 saturated carbocycles. The fraction of sp³-hybridized carbons (Fsp3) is 0.875. The minimum absolute atomic E-state index is 0.0149. The van der Waals surface area contributed by atoms with Crippen molar-refractivity contribution in [3.63, 3.8) is 0 Å². The van der Waals surface area contributed by atoms with Gasteiger partial charge in [0.25, 0.3) is 0 Å². The standard InChI is InChI=1S/C8H16N2O4/c1-13-7(14-2)5-3-9-4-6(5)10-8(11)12/h5-7,9-10H,3-4H2,1-2H3,(H,11,12)/t5-,6+/m1/s1. The van der Waals surface area contributed by atoms with Gasteiger partial charge in [0.2, 0.25) is 0 Å². The van der Waals surface area contributed by atoms with E-state index >= 15 is 0 Å². The van der Waals surface area contributed by atoms with Gasteiger partial charge in [-0.1, -0.05) is 0 Å². The van der Waals surface area contributed by atoms with E-state index in [2.05, 4.69) is 10.6 Å². The average molecular weight is 204 g/mol. The molecule has 6 nitrogen and oxygen atoms in total. The van der Waals surface area contributed by atoms with E-state index in [1.165, 1.54) is 0 Å². The molecule has 1 aliphatic heterocycles. The maximum atomic E-state index is 10.5. The third-order valence-corrected chi connectivity index (χ3v) is 2.38. The first-order valence-corrected chi connectivity index (χ1v) is 4.44. The Hall–Kier alpha value is -0.850. The van der Waals surface area contributed by atoms with Gasteiger partial charge in [-0.3, -0.25) is 0 Å². The molecule has 3 N–H and O–H groups in total. The number of nitrogens with one attached hydrogen (secondary N) is 2. The minimum atomic E-state index is -1.02. The number of ether oxygens (including phenoxy) is 2. The van der Waals surface area contributed by atoms with E-state index in [1.54, 1.807) is 14.2 Å². The molecule has 2 atom stereocenters. The first kappa shape index (κ1) is 11.2. The summed E-state index contributed by atoms with van der Waals surface area (Å²) in [6.07, 6.45) is -1.39. The highest BCUT2D eigenvalue weighted by Crippen LogP contribution is 2.16. The highest BCUT2D eigenvalue weighted by atomic mass is 16.7. The summed E-state index contributed by atoms with van der Waals surface area (Å²) in [5, 5.41) is 14.1. The van der Waals surface area contributed by atoms with Crippen molar-refractivity contribution in [1.82, 2.24) is 10.6 Å². The molecule has 0 bridgehead atoms. The van der Waals surface area contributed by atoms with Crippen LogP contribution >= 0.6 is 0 Å². The molecule has 1 fully saturated rings.